The Bertz CT molecular complexity index is 1040. The van der Waals surface area contributed by atoms with Gasteiger partial charge in [-0.25, -0.2) is 4.98 Å². The number of nitrogens with zero attached hydrogens (tertiary/aromatic N) is 3. The van der Waals surface area contributed by atoms with Gasteiger partial charge >= 0.3 is 0 Å². The molecule has 4 rings (SSSR count). The number of carbonyl (C=O) groups excluding carboxylic acids is 1. The first kappa shape index (κ1) is 21.4. The van der Waals surface area contributed by atoms with Gasteiger partial charge in [-0.15, -0.1) is 0 Å². The van der Waals surface area contributed by atoms with Gasteiger partial charge in [-0.3, -0.25) is 9.69 Å². The smallest absolute Gasteiger partial charge is 0.251 e. The SMILES string of the molecule is COc1ccc2sc(N3CCN(CCNC(=O)c4ccc(C)cc4)CC3)nc2c1OC. The first-order chi connectivity index (χ1) is 15.1. The lowest BCUT2D eigenvalue weighted by Gasteiger charge is -2.34. The lowest BCUT2D eigenvalue weighted by molar-refractivity contribution is 0.0948. The zero-order valence-corrected chi connectivity index (χ0v) is 19.0. The number of aryl methyl sites for hydroxylation is 1. The van der Waals surface area contributed by atoms with Crippen LogP contribution < -0.4 is 19.7 Å². The monoisotopic (exact) mass is 440 g/mol. The second kappa shape index (κ2) is 9.53. The third kappa shape index (κ3) is 4.75. The summed E-state index contributed by atoms with van der Waals surface area (Å²) in [6.45, 7) is 7.20. The number of carbonyl (C=O) groups is 1. The van der Waals surface area contributed by atoms with Crippen molar-refractivity contribution >= 4 is 32.6 Å². The van der Waals surface area contributed by atoms with Crippen molar-refractivity contribution in [1.29, 1.82) is 0 Å². The maximum atomic E-state index is 12.3. The largest absolute Gasteiger partial charge is 0.493 e. The number of piperazine rings is 1. The van der Waals surface area contributed by atoms with E-state index in [0.717, 1.165) is 53.6 Å². The quantitative estimate of drug-likeness (QED) is 0.609. The number of anilines is 1. The predicted molar refractivity (Wildman–Crippen MR) is 125 cm³/mol. The number of hydrogen-bond donors (Lipinski definition) is 1. The molecule has 1 aliphatic rings. The van der Waals surface area contributed by atoms with E-state index in [0.29, 0.717) is 23.6 Å². The molecule has 2 heterocycles. The summed E-state index contributed by atoms with van der Waals surface area (Å²) in [6, 6.07) is 11.6. The topological polar surface area (TPSA) is 66.9 Å². The van der Waals surface area contributed by atoms with Crippen molar-refractivity contribution < 1.29 is 14.3 Å². The molecule has 7 nitrogen and oxygen atoms in total. The van der Waals surface area contributed by atoms with E-state index in [4.69, 9.17) is 14.5 Å². The molecule has 0 saturated carbocycles. The van der Waals surface area contributed by atoms with Gasteiger partial charge in [0, 0.05) is 44.8 Å². The van der Waals surface area contributed by atoms with Crippen LogP contribution in [0.4, 0.5) is 5.13 Å². The fourth-order valence-corrected chi connectivity index (χ4v) is 4.75. The minimum atomic E-state index is -0.0162. The molecule has 1 saturated heterocycles. The minimum Gasteiger partial charge on any atom is -0.493 e. The number of rotatable bonds is 7. The van der Waals surface area contributed by atoms with Gasteiger partial charge in [0.25, 0.3) is 5.91 Å². The number of methoxy groups -OCH3 is 2. The van der Waals surface area contributed by atoms with Gasteiger partial charge in [-0.05, 0) is 31.2 Å². The third-order valence-electron chi connectivity index (χ3n) is 5.56. The van der Waals surface area contributed by atoms with E-state index in [1.807, 2.05) is 43.3 Å². The number of benzene rings is 2. The maximum Gasteiger partial charge on any atom is 0.251 e. The molecular formula is C23H28N4O3S. The second-order valence-corrected chi connectivity index (χ2v) is 8.60. The summed E-state index contributed by atoms with van der Waals surface area (Å²) >= 11 is 1.68. The molecule has 0 atom stereocenters. The number of amides is 1. The first-order valence-electron chi connectivity index (χ1n) is 10.4. The fraction of sp³-hybridized carbons (Fsp3) is 0.391. The molecule has 0 radical (unpaired) electrons. The van der Waals surface area contributed by atoms with Crippen molar-refractivity contribution in [2.75, 3.05) is 58.4 Å². The molecular weight excluding hydrogens is 412 g/mol. The van der Waals surface area contributed by atoms with Crippen LogP contribution in [0, 0.1) is 6.92 Å². The molecule has 0 aliphatic carbocycles. The highest BCUT2D eigenvalue weighted by Crippen LogP contribution is 2.39. The highest BCUT2D eigenvalue weighted by Gasteiger charge is 2.21. The van der Waals surface area contributed by atoms with Gasteiger partial charge in [-0.2, -0.15) is 0 Å². The molecule has 0 bridgehead atoms. The molecule has 1 amide bonds. The molecule has 1 N–H and O–H groups in total. The highest BCUT2D eigenvalue weighted by atomic mass is 32.1. The Labute approximate surface area is 186 Å². The van der Waals surface area contributed by atoms with Crippen molar-refractivity contribution in [1.82, 2.24) is 15.2 Å². The van der Waals surface area contributed by atoms with Crippen LogP contribution in [-0.4, -0.2) is 69.3 Å². The number of aromatic nitrogens is 1. The van der Waals surface area contributed by atoms with Crippen LogP contribution in [0.3, 0.4) is 0 Å². The normalized spacial score (nSPS) is 14.6. The van der Waals surface area contributed by atoms with Gasteiger partial charge in [0.05, 0.1) is 18.9 Å². The number of thiazole rings is 1. The summed E-state index contributed by atoms with van der Waals surface area (Å²) in [7, 11) is 3.28. The lowest BCUT2D eigenvalue weighted by atomic mass is 10.1. The van der Waals surface area contributed by atoms with Gasteiger partial charge in [0.2, 0.25) is 0 Å². The third-order valence-corrected chi connectivity index (χ3v) is 6.64. The van der Waals surface area contributed by atoms with E-state index < -0.39 is 0 Å². The van der Waals surface area contributed by atoms with E-state index in [-0.39, 0.29) is 5.91 Å². The Morgan fingerprint density at radius 1 is 1.06 bits per heavy atom. The minimum absolute atomic E-state index is 0.0162. The van der Waals surface area contributed by atoms with Gasteiger partial charge < -0.3 is 19.7 Å². The number of nitrogens with one attached hydrogen (secondary N) is 1. The molecule has 164 valence electrons. The standard InChI is InChI=1S/C23H28N4O3S/c1-16-4-6-17(7-5-16)22(28)24-10-11-26-12-14-27(15-13-26)23-25-20-19(31-23)9-8-18(29-2)21(20)30-3/h4-9H,10-15H2,1-3H3,(H,24,28). The number of ether oxygens (including phenoxy) is 2. The van der Waals surface area contributed by atoms with Crippen LogP contribution in [0.15, 0.2) is 36.4 Å². The van der Waals surface area contributed by atoms with Crippen molar-refractivity contribution in [3.05, 3.63) is 47.5 Å². The second-order valence-electron chi connectivity index (χ2n) is 7.59. The zero-order chi connectivity index (χ0) is 21.8. The van der Waals surface area contributed by atoms with Gasteiger partial charge in [0.1, 0.15) is 5.52 Å². The van der Waals surface area contributed by atoms with Crippen LogP contribution in [0.25, 0.3) is 10.2 Å². The Kier molecular flexibility index (Phi) is 6.58. The van der Waals surface area contributed by atoms with Crippen molar-refractivity contribution in [3.8, 4) is 11.5 Å². The van der Waals surface area contributed by atoms with E-state index in [9.17, 15) is 4.79 Å². The molecule has 0 unspecified atom stereocenters. The summed E-state index contributed by atoms with van der Waals surface area (Å²) in [6.07, 6.45) is 0. The van der Waals surface area contributed by atoms with Crippen LogP contribution in [-0.2, 0) is 0 Å². The highest BCUT2D eigenvalue weighted by molar-refractivity contribution is 7.22. The number of hydrogen-bond acceptors (Lipinski definition) is 7. The van der Waals surface area contributed by atoms with Crippen molar-refractivity contribution in [3.63, 3.8) is 0 Å². The van der Waals surface area contributed by atoms with Crippen molar-refractivity contribution in [2.45, 2.75) is 6.92 Å². The van der Waals surface area contributed by atoms with Gasteiger partial charge in [0.15, 0.2) is 16.6 Å². The van der Waals surface area contributed by atoms with Crippen LogP contribution in [0.1, 0.15) is 15.9 Å². The predicted octanol–water partition coefficient (Wildman–Crippen LogP) is 3.17. The molecule has 1 aromatic heterocycles. The molecule has 8 heteroatoms. The Hall–Kier alpha value is -2.84. The molecule has 2 aromatic carbocycles. The maximum absolute atomic E-state index is 12.3. The van der Waals surface area contributed by atoms with E-state index >= 15 is 0 Å². The van der Waals surface area contributed by atoms with E-state index in [1.165, 1.54) is 0 Å². The summed E-state index contributed by atoms with van der Waals surface area (Å²) in [5.41, 5.74) is 2.71. The summed E-state index contributed by atoms with van der Waals surface area (Å²) in [4.78, 5) is 21.8. The van der Waals surface area contributed by atoms with E-state index in [2.05, 4.69) is 15.1 Å². The summed E-state index contributed by atoms with van der Waals surface area (Å²) < 4.78 is 12.0. The fourth-order valence-electron chi connectivity index (χ4n) is 3.73. The van der Waals surface area contributed by atoms with Crippen molar-refractivity contribution in [2.24, 2.45) is 0 Å². The van der Waals surface area contributed by atoms with Crippen LogP contribution in [0.5, 0.6) is 11.5 Å². The molecule has 31 heavy (non-hydrogen) atoms. The Morgan fingerprint density at radius 3 is 2.48 bits per heavy atom. The molecule has 1 fully saturated rings. The zero-order valence-electron chi connectivity index (χ0n) is 18.2. The van der Waals surface area contributed by atoms with Gasteiger partial charge in [-0.1, -0.05) is 29.0 Å². The number of fused-ring (bicyclic) bond motifs is 1. The average molecular weight is 441 g/mol. The average Bonchev–Trinajstić information content (AvgIpc) is 3.23. The summed E-state index contributed by atoms with van der Waals surface area (Å²) in [5.74, 6) is 1.37. The Balaban J connectivity index is 1.29. The molecule has 1 aliphatic heterocycles. The van der Waals surface area contributed by atoms with Crippen LogP contribution >= 0.6 is 11.3 Å². The van der Waals surface area contributed by atoms with Crippen LogP contribution in [0.2, 0.25) is 0 Å². The lowest BCUT2D eigenvalue weighted by Crippen LogP contribution is -2.48. The molecule has 0 spiro atoms. The Morgan fingerprint density at radius 2 is 1.81 bits per heavy atom. The van der Waals surface area contributed by atoms with E-state index in [1.54, 1.807) is 25.6 Å². The first-order valence-corrected chi connectivity index (χ1v) is 11.2. The summed E-state index contributed by atoms with van der Waals surface area (Å²) in [5, 5.41) is 4.03. The molecule has 3 aromatic rings.